The van der Waals surface area contributed by atoms with E-state index in [-0.39, 0.29) is 17.3 Å². The van der Waals surface area contributed by atoms with Gasteiger partial charge in [0, 0.05) is 6.54 Å². The van der Waals surface area contributed by atoms with E-state index in [1.165, 1.54) is 6.33 Å². The minimum atomic E-state index is -0.589. The molecule has 0 aliphatic carbocycles. The summed E-state index contributed by atoms with van der Waals surface area (Å²) >= 11 is 0. The molecule has 2 rings (SSSR count). The Morgan fingerprint density at radius 3 is 2.54 bits per heavy atom. The highest BCUT2D eigenvalue weighted by Crippen LogP contribution is 2.29. The molecule has 0 fully saturated rings. The van der Waals surface area contributed by atoms with Crippen molar-refractivity contribution in [1.29, 1.82) is 0 Å². The van der Waals surface area contributed by atoms with Gasteiger partial charge in [0.2, 0.25) is 11.6 Å². The molecular formula is C14H18N6O4. The van der Waals surface area contributed by atoms with Gasteiger partial charge in [-0.05, 0) is 24.1 Å². The molecule has 0 radical (unpaired) electrons. The van der Waals surface area contributed by atoms with E-state index in [4.69, 9.17) is 15.3 Å². The molecule has 10 heteroatoms. The zero-order valence-electron chi connectivity index (χ0n) is 13.3. The number of nitrogens with two attached hydrogens (primary N) is 1. The second-order valence-corrected chi connectivity index (χ2v) is 4.69. The van der Waals surface area contributed by atoms with Crippen LogP contribution in [0.4, 0.5) is 17.3 Å². The zero-order valence-corrected chi connectivity index (χ0v) is 13.3. The van der Waals surface area contributed by atoms with Crippen LogP contribution >= 0.6 is 0 Å². The second kappa shape index (κ2) is 7.92. The van der Waals surface area contributed by atoms with Gasteiger partial charge < -0.3 is 20.2 Å². The van der Waals surface area contributed by atoms with E-state index in [0.29, 0.717) is 24.5 Å². The number of aromatic nitrogens is 2. The SMILES string of the molecule is COc1ccc(CCNc2ncnc(NN)c2[N+](=O)[O-])cc1OC. The van der Waals surface area contributed by atoms with Gasteiger partial charge in [-0.15, -0.1) is 0 Å². The average molecular weight is 334 g/mol. The summed E-state index contributed by atoms with van der Waals surface area (Å²) in [5.74, 6) is 6.55. The Morgan fingerprint density at radius 2 is 1.92 bits per heavy atom. The second-order valence-electron chi connectivity index (χ2n) is 4.69. The summed E-state index contributed by atoms with van der Waals surface area (Å²) in [5.41, 5.74) is 2.87. The van der Waals surface area contributed by atoms with E-state index in [9.17, 15) is 10.1 Å². The van der Waals surface area contributed by atoms with Crippen LogP contribution < -0.4 is 26.1 Å². The average Bonchev–Trinajstić information content (AvgIpc) is 2.60. The maximum atomic E-state index is 11.1. The minimum absolute atomic E-state index is 0.0522. The Kier molecular flexibility index (Phi) is 5.68. The Morgan fingerprint density at radius 1 is 1.21 bits per heavy atom. The molecule has 10 nitrogen and oxygen atoms in total. The topological polar surface area (TPSA) is 137 Å². The van der Waals surface area contributed by atoms with Gasteiger partial charge in [0.1, 0.15) is 6.33 Å². The van der Waals surface area contributed by atoms with E-state index >= 15 is 0 Å². The molecule has 1 aromatic carbocycles. The molecule has 0 bridgehead atoms. The van der Waals surface area contributed by atoms with Crippen molar-refractivity contribution >= 4 is 17.3 Å². The summed E-state index contributed by atoms with van der Waals surface area (Å²) < 4.78 is 10.4. The number of hydrogen-bond donors (Lipinski definition) is 3. The number of nitrogens with one attached hydrogen (secondary N) is 2. The van der Waals surface area contributed by atoms with Crippen LogP contribution in [-0.2, 0) is 6.42 Å². The van der Waals surface area contributed by atoms with Crippen molar-refractivity contribution in [3.63, 3.8) is 0 Å². The number of nitro groups is 1. The summed E-state index contributed by atoms with van der Waals surface area (Å²) in [5, 5.41) is 14.1. The molecule has 0 atom stereocenters. The fourth-order valence-electron chi connectivity index (χ4n) is 2.15. The number of nitrogen functional groups attached to an aromatic ring is 1. The van der Waals surface area contributed by atoms with Crippen molar-refractivity contribution in [2.75, 3.05) is 31.5 Å². The fraction of sp³-hybridized carbons (Fsp3) is 0.286. The van der Waals surface area contributed by atoms with E-state index in [1.54, 1.807) is 20.3 Å². The molecule has 0 saturated carbocycles. The Hall–Kier alpha value is -3.14. The van der Waals surface area contributed by atoms with E-state index < -0.39 is 4.92 Å². The molecule has 0 saturated heterocycles. The zero-order chi connectivity index (χ0) is 17.5. The maximum Gasteiger partial charge on any atom is 0.354 e. The quantitative estimate of drug-likeness (QED) is 0.371. The van der Waals surface area contributed by atoms with Crippen molar-refractivity contribution in [2.24, 2.45) is 5.84 Å². The first-order chi connectivity index (χ1) is 11.6. The van der Waals surface area contributed by atoms with Gasteiger partial charge in [-0.3, -0.25) is 10.1 Å². The Balaban J connectivity index is 2.09. The lowest BCUT2D eigenvalue weighted by molar-refractivity contribution is -0.383. The van der Waals surface area contributed by atoms with E-state index in [1.807, 2.05) is 12.1 Å². The summed E-state index contributed by atoms with van der Waals surface area (Å²) in [7, 11) is 3.13. The molecule has 0 unspecified atom stereocenters. The molecule has 0 aliphatic rings. The third kappa shape index (κ3) is 3.79. The predicted molar refractivity (Wildman–Crippen MR) is 88.2 cm³/mol. The van der Waals surface area contributed by atoms with Gasteiger partial charge in [0.25, 0.3) is 0 Å². The van der Waals surface area contributed by atoms with Crippen LogP contribution in [0.1, 0.15) is 5.56 Å². The first-order valence-electron chi connectivity index (χ1n) is 7.01. The number of methoxy groups -OCH3 is 2. The van der Waals surface area contributed by atoms with Crippen LogP contribution in [0, 0.1) is 10.1 Å². The summed E-state index contributed by atoms with van der Waals surface area (Å²) in [6.07, 6.45) is 1.80. The lowest BCUT2D eigenvalue weighted by Gasteiger charge is -2.11. The van der Waals surface area contributed by atoms with Crippen LogP contribution in [0.25, 0.3) is 0 Å². The van der Waals surface area contributed by atoms with Gasteiger partial charge in [-0.1, -0.05) is 6.07 Å². The number of nitrogens with zero attached hydrogens (tertiary/aromatic N) is 3. The monoisotopic (exact) mass is 334 g/mol. The summed E-state index contributed by atoms with van der Waals surface area (Å²) in [6, 6.07) is 5.55. The maximum absolute atomic E-state index is 11.1. The third-order valence-electron chi connectivity index (χ3n) is 3.30. The largest absolute Gasteiger partial charge is 0.493 e. The molecule has 128 valence electrons. The molecule has 0 amide bonds. The lowest BCUT2D eigenvalue weighted by Crippen LogP contribution is -2.14. The van der Waals surface area contributed by atoms with Crippen LogP contribution in [0.5, 0.6) is 11.5 Å². The van der Waals surface area contributed by atoms with Gasteiger partial charge in [0.15, 0.2) is 11.5 Å². The van der Waals surface area contributed by atoms with Crippen LogP contribution in [0.15, 0.2) is 24.5 Å². The molecule has 1 heterocycles. The van der Waals surface area contributed by atoms with E-state index in [2.05, 4.69) is 20.7 Å². The number of rotatable bonds is 8. The number of benzene rings is 1. The normalized spacial score (nSPS) is 10.1. The van der Waals surface area contributed by atoms with Crippen LogP contribution in [0.2, 0.25) is 0 Å². The highest BCUT2D eigenvalue weighted by molar-refractivity contribution is 5.68. The molecule has 0 aliphatic heterocycles. The van der Waals surface area contributed by atoms with Gasteiger partial charge in [-0.2, -0.15) is 0 Å². The van der Waals surface area contributed by atoms with Gasteiger partial charge in [-0.25, -0.2) is 15.8 Å². The summed E-state index contributed by atoms with van der Waals surface area (Å²) in [4.78, 5) is 18.2. The molecule has 4 N–H and O–H groups in total. The summed E-state index contributed by atoms with van der Waals surface area (Å²) in [6.45, 7) is 0.428. The number of hydrogen-bond acceptors (Lipinski definition) is 9. The predicted octanol–water partition coefficient (Wildman–Crippen LogP) is 1.34. The standard InChI is InChI=1S/C14H18N6O4/c1-23-10-4-3-9(7-11(10)24-2)5-6-16-13-12(20(21)22)14(19-15)18-8-17-13/h3-4,7-8H,5-6,15H2,1-2H3,(H2,16,17,18,19). The highest BCUT2D eigenvalue weighted by atomic mass is 16.6. The molecule has 0 spiro atoms. The lowest BCUT2D eigenvalue weighted by atomic mass is 10.1. The fourth-order valence-corrected chi connectivity index (χ4v) is 2.15. The highest BCUT2D eigenvalue weighted by Gasteiger charge is 2.22. The molecular weight excluding hydrogens is 316 g/mol. The molecule has 2 aromatic rings. The van der Waals surface area contributed by atoms with Crippen LogP contribution in [0.3, 0.4) is 0 Å². The Labute approximate surface area is 138 Å². The first kappa shape index (κ1) is 17.2. The first-order valence-corrected chi connectivity index (χ1v) is 7.01. The number of hydrazine groups is 1. The van der Waals surface area contributed by atoms with Crippen molar-refractivity contribution in [1.82, 2.24) is 9.97 Å². The molecule has 1 aromatic heterocycles. The van der Waals surface area contributed by atoms with Gasteiger partial charge in [0.05, 0.1) is 19.1 Å². The van der Waals surface area contributed by atoms with Crippen molar-refractivity contribution in [3.05, 3.63) is 40.2 Å². The smallest absolute Gasteiger partial charge is 0.354 e. The third-order valence-corrected chi connectivity index (χ3v) is 3.30. The van der Waals surface area contributed by atoms with Crippen LogP contribution in [-0.4, -0.2) is 35.7 Å². The van der Waals surface area contributed by atoms with E-state index in [0.717, 1.165) is 5.56 Å². The minimum Gasteiger partial charge on any atom is -0.493 e. The molecule has 24 heavy (non-hydrogen) atoms. The number of anilines is 2. The van der Waals surface area contributed by atoms with Crippen molar-refractivity contribution < 1.29 is 14.4 Å². The Bertz CT molecular complexity index is 724. The van der Waals surface area contributed by atoms with Crippen molar-refractivity contribution in [3.8, 4) is 11.5 Å². The number of ether oxygens (including phenoxy) is 2. The van der Waals surface area contributed by atoms with Crippen molar-refractivity contribution in [2.45, 2.75) is 6.42 Å². The van der Waals surface area contributed by atoms with Gasteiger partial charge >= 0.3 is 5.69 Å².